The minimum atomic E-state index is -0.379. The van der Waals surface area contributed by atoms with E-state index >= 15 is 0 Å². The topological polar surface area (TPSA) is 52.7 Å². The summed E-state index contributed by atoms with van der Waals surface area (Å²) in [4.78, 5) is 27.1. The number of nitrogens with zero attached hydrogens (tertiary/aromatic N) is 2. The van der Waals surface area contributed by atoms with Gasteiger partial charge in [-0.05, 0) is 23.9 Å². The quantitative estimate of drug-likeness (QED) is 0.902. The van der Waals surface area contributed by atoms with Crippen molar-refractivity contribution in [1.29, 1.82) is 0 Å². The Bertz CT molecular complexity index is 546. The first-order valence-electron chi connectivity index (χ1n) is 6.40. The van der Waals surface area contributed by atoms with E-state index in [0.717, 1.165) is 48.7 Å². The van der Waals surface area contributed by atoms with Crippen LogP contribution in [0.1, 0.15) is 0 Å². The predicted octanol–water partition coefficient (Wildman–Crippen LogP) is 1.77. The van der Waals surface area contributed by atoms with Crippen LogP contribution < -0.4 is 10.2 Å². The molecule has 0 radical (unpaired) electrons. The summed E-state index contributed by atoms with van der Waals surface area (Å²) in [7, 11) is 0. The van der Waals surface area contributed by atoms with E-state index in [1.165, 1.54) is 0 Å². The number of hydrogen-bond donors (Lipinski definition) is 1. The van der Waals surface area contributed by atoms with Gasteiger partial charge in [-0.2, -0.15) is 0 Å². The highest BCUT2D eigenvalue weighted by Crippen LogP contribution is 2.28. The maximum absolute atomic E-state index is 11.7. The molecule has 2 amide bonds. The number of benzene rings is 1. The molecule has 0 bridgehead atoms. The van der Waals surface area contributed by atoms with Crippen LogP contribution >= 0.6 is 23.4 Å². The lowest BCUT2D eigenvalue weighted by atomic mass is 10.2. The van der Waals surface area contributed by atoms with Gasteiger partial charge in [0.05, 0.1) is 10.7 Å². The van der Waals surface area contributed by atoms with Gasteiger partial charge in [0.15, 0.2) is 0 Å². The van der Waals surface area contributed by atoms with Crippen molar-refractivity contribution in [3.8, 4) is 0 Å². The number of halogens is 1. The molecule has 7 heteroatoms. The van der Waals surface area contributed by atoms with Gasteiger partial charge in [0, 0.05) is 26.2 Å². The van der Waals surface area contributed by atoms with Crippen LogP contribution in [0.5, 0.6) is 0 Å². The van der Waals surface area contributed by atoms with Gasteiger partial charge in [0.2, 0.25) is 0 Å². The highest BCUT2D eigenvalue weighted by molar-refractivity contribution is 8.15. The number of anilines is 1. The first-order chi connectivity index (χ1) is 9.65. The number of nitrogens with one attached hydrogen (secondary N) is 1. The van der Waals surface area contributed by atoms with Gasteiger partial charge in [-0.1, -0.05) is 23.7 Å². The van der Waals surface area contributed by atoms with E-state index in [0.29, 0.717) is 0 Å². The van der Waals surface area contributed by atoms with E-state index in [-0.39, 0.29) is 16.5 Å². The van der Waals surface area contributed by atoms with Crippen molar-refractivity contribution in [3.63, 3.8) is 0 Å². The molecule has 2 heterocycles. The van der Waals surface area contributed by atoms with Gasteiger partial charge < -0.3 is 4.90 Å². The zero-order valence-corrected chi connectivity index (χ0v) is 12.3. The number of carbonyl (C=O) groups is 2. The summed E-state index contributed by atoms with van der Waals surface area (Å²) in [5, 5.41) is 2.43. The fourth-order valence-electron chi connectivity index (χ4n) is 2.49. The molecule has 1 aromatic carbocycles. The average molecular weight is 312 g/mol. The lowest BCUT2D eigenvalue weighted by Crippen LogP contribution is -2.51. The van der Waals surface area contributed by atoms with Crippen LogP contribution in [0, 0.1) is 0 Å². The predicted molar refractivity (Wildman–Crippen MR) is 80.2 cm³/mol. The van der Waals surface area contributed by atoms with Crippen molar-refractivity contribution in [3.05, 3.63) is 29.3 Å². The first-order valence-corrected chi connectivity index (χ1v) is 7.66. The molecular weight excluding hydrogens is 298 g/mol. The molecule has 0 aliphatic carbocycles. The lowest BCUT2D eigenvalue weighted by Gasteiger charge is -2.37. The van der Waals surface area contributed by atoms with Crippen molar-refractivity contribution in [1.82, 2.24) is 10.2 Å². The third kappa shape index (κ3) is 2.63. The Hall–Kier alpha value is -1.24. The highest BCUT2D eigenvalue weighted by atomic mass is 35.5. The van der Waals surface area contributed by atoms with E-state index in [1.807, 2.05) is 29.2 Å². The smallest absolute Gasteiger partial charge is 0.287 e. The van der Waals surface area contributed by atoms with Crippen molar-refractivity contribution < 1.29 is 9.59 Å². The summed E-state index contributed by atoms with van der Waals surface area (Å²) in [6.07, 6.45) is 0. The molecular formula is C13H14ClN3O2S. The molecule has 0 aromatic heterocycles. The molecule has 0 spiro atoms. The Morgan fingerprint density at radius 1 is 1.15 bits per heavy atom. The lowest BCUT2D eigenvalue weighted by molar-refractivity contribution is -0.121. The summed E-state index contributed by atoms with van der Waals surface area (Å²) in [5.41, 5.74) is 1.02. The summed E-state index contributed by atoms with van der Waals surface area (Å²) in [6, 6.07) is 7.75. The molecule has 1 aromatic rings. The number of rotatable bonds is 2. The van der Waals surface area contributed by atoms with E-state index in [9.17, 15) is 9.59 Å². The zero-order valence-electron chi connectivity index (χ0n) is 10.7. The second-order valence-electron chi connectivity index (χ2n) is 4.72. The maximum atomic E-state index is 11.7. The van der Waals surface area contributed by atoms with E-state index < -0.39 is 0 Å². The molecule has 1 unspecified atom stereocenters. The van der Waals surface area contributed by atoms with Gasteiger partial charge in [-0.3, -0.25) is 19.8 Å². The SMILES string of the molecule is O=C1NC(=O)C(N2CCN(c3ccccc3Cl)CC2)S1. The zero-order chi connectivity index (χ0) is 14.1. The van der Waals surface area contributed by atoms with Gasteiger partial charge in [0.1, 0.15) is 5.37 Å². The van der Waals surface area contributed by atoms with Crippen LogP contribution in [0.4, 0.5) is 10.5 Å². The number of piperazine rings is 1. The maximum Gasteiger partial charge on any atom is 0.287 e. The molecule has 2 aliphatic rings. The summed E-state index contributed by atoms with van der Waals surface area (Å²) in [5.74, 6) is -0.203. The minimum absolute atomic E-state index is 0.203. The molecule has 2 aliphatic heterocycles. The van der Waals surface area contributed by atoms with Crippen LogP contribution in [-0.4, -0.2) is 47.6 Å². The Morgan fingerprint density at radius 2 is 1.85 bits per heavy atom. The standard InChI is InChI=1S/C13H14ClN3O2S/c14-9-3-1-2-4-10(9)16-5-7-17(8-6-16)12-11(18)15-13(19)20-12/h1-4,12H,5-8H2,(H,15,18,19). The molecule has 2 saturated heterocycles. The number of carbonyl (C=O) groups excluding carboxylic acids is 2. The van der Waals surface area contributed by atoms with Gasteiger partial charge in [0.25, 0.3) is 11.1 Å². The number of thioether (sulfide) groups is 1. The van der Waals surface area contributed by atoms with Gasteiger partial charge >= 0.3 is 0 Å². The van der Waals surface area contributed by atoms with Crippen LogP contribution in [0.15, 0.2) is 24.3 Å². The molecule has 0 saturated carbocycles. The number of hydrogen-bond acceptors (Lipinski definition) is 5. The molecule has 5 nitrogen and oxygen atoms in total. The number of para-hydroxylation sites is 1. The fourth-order valence-corrected chi connectivity index (χ4v) is 3.64. The van der Waals surface area contributed by atoms with Crippen LogP contribution in [0.3, 0.4) is 0 Å². The Balaban J connectivity index is 1.64. The molecule has 106 valence electrons. The van der Waals surface area contributed by atoms with E-state index in [2.05, 4.69) is 10.2 Å². The Labute approximate surface area is 126 Å². The molecule has 20 heavy (non-hydrogen) atoms. The monoisotopic (exact) mass is 311 g/mol. The number of amides is 2. The number of imide groups is 1. The Morgan fingerprint density at radius 3 is 2.45 bits per heavy atom. The fraction of sp³-hybridized carbons (Fsp3) is 0.385. The summed E-state index contributed by atoms with van der Waals surface area (Å²) in [6.45, 7) is 3.07. The summed E-state index contributed by atoms with van der Waals surface area (Å²) < 4.78 is 0. The average Bonchev–Trinajstić information content (AvgIpc) is 2.79. The van der Waals surface area contributed by atoms with E-state index in [4.69, 9.17) is 11.6 Å². The van der Waals surface area contributed by atoms with Crippen molar-refractivity contribution >= 4 is 40.2 Å². The van der Waals surface area contributed by atoms with Crippen molar-refractivity contribution in [2.24, 2.45) is 0 Å². The van der Waals surface area contributed by atoms with Crippen LogP contribution in [0.25, 0.3) is 0 Å². The van der Waals surface area contributed by atoms with Crippen molar-refractivity contribution in [2.45, 2.75) is 5.37 Å². The minimum Gasteiger partial charge on any atom is -0.368 e. The molecule has 2 fully saturated rings. The molecule has 1 atom stereocenters. The molecule has 1 N–H and O–H groups in total. The van der Waals surface area contributed by atoms with Gasteiger partial charge in [-0.25, -0.2) is 0 Å². The largest absolute Gasteiger partial charge is 0.368 e. The summed E-state index contributed by atoms with van der Waals surface area (Å²) >= 11 is 7.26. The Kier molecular flexibility index (Phi) is 3.87. The third-order valence-electron chi connectivity index (χ3n) is 3.51. The van der Waals surface area contributed by atoms with E-state index in [1.54, 1.807) is 0 Å². The van der Waals surface area contributed by atoms with Crippen LogP contribution in [-0.2, 0) is 4.79 Å². The van der Waals surface area contributed by atoms with Gasteiger partial charge in [-0.15, -0.1) is 0 Å². The van der Waals surface area contributed by atoms with Crippen LogP contribution in [0.2, 0.25) is 5.02 Å². The molecule has 3 rings (SSSR count). The first kappa shape index (κ1) is 13.7. The highest BCUT2D eigenvalue weighted by Gasteiger charge is 2.37. The second kappa shape index (κ2) is 5.63. The second-order valence-corrected chi connectivity index (χ2v) is 6.18. The normalized spacial score (nSPS) is 24.1. The van der Waals surface area contributed by atoms with Crippen molar-refractivity contribution in [2.75, 3.05) is 31.1 Å². The third-order valence-corrected chi connectivity index (χ3v) is 4.88.